The Hall–Kier alpha value is -4.07. The summed E-state index contributed by atoms with van der Waals surface area (Å²) < 4.78 is 0. The highest BCUT2D eigenvalue weighted by Crippen LogP contribution is 2.42. The number of anilines is 1. The number of aliphatic imine (C=N–C) groups is 1. The van der Waals surface area contributed by atoms with Crippen molar-refractivity contribution in [3.05, 3.63) is 45.5 Å². The number of nitrogens with zero attached hydrogens (tertiary/aromatic N) is 6. The number of fused-ring (bicyclic) bond motifs is 2. The van der Waals surface area contributed by atoms with Crippen LogP contribution in [-0.4, -0.2) is 90.3 Å². The van der Waals surface area contributed by atoms with Gasteiger partial charge in [0, 0.05) is 22.6 Å². The highest BCUT2D eigenvalue weighted by atomic mass is 32.2. The third-order valence-electron chi connectivity index (χ3n) is 5.86. The quantitative estimate of drug-likeness (QED) is 0.147. The van der Waals surface area contributed by atoms with Gasteiger partial charge in [-0.3, -0.25) is 14.5 Å². The van der Waals surface area contributed by atoms with E-state index in [0.717, 1.165) is 16.3 Å². The molecule has 0 saturated carbocycles. The molecule has 7 N–H and O–H groups in total. The van der Waals surface area contributed by atoms with Gasteiger partial charge in [0.15, 0.2) is 16.7 Å². The molecule has 1 aromatic rings. The normalized spacial score (nSPS) is 22.1. The van der Waals surface area contributed by atoms with Gasteiger partial charge in [0.25, 0.3) is 11.8 Å². The van der Waals surface area contributed by atoms with Gasteiger partial charge in [-0.05, 0) is 18.6 Å². The Labute approximate surface area is 238 Å². The maximum Gasteiger partial charge on any atom is 0.352 e. The molecule has 4 amide bonds. The molecule has 1 fully saturated rings. The number of thiazole rings is 1. The SMILES string of the molecule is CON=C(C(=O)N[C@@H]1C(=O)N2C(C(=O)O)=C(CSC3=CC(C)=NC4=CN(C(N)=O)NN43)CS[C@H]12)c1csc(N)n1. The van der Waals surface area contributed by atoms with Gasteiger partial charge in [-0.1, -0.05) is 5.16 Å². The van der Waals surface area contributed by atoms with Crippen LogP contribution in [0.3, 0.4) is 0 Å². The largest absolute Gasteiger partial charge is 0.477 e. The van der Waals surface area contributed by atoms with Crippen molar-refractivity contribution in [2.45, 2.75) is 18.3 Å². The molecular weight excluding hydrogens is 584 g/mol. The molecule has 19 heteroatoms. The smallest absolute Gasteiger partial charge is 0.352 e. The van der Waals surface area contributed by atoms with Crippen LogP contribution in [0.15, 0.2) is 49.9 Å². The number of nitrogens with two attached hydrogens (primary N) is 2. The van der Waals surface area contributed by atoms with Gasteiger partial charge in [0.05, 0.1) is 11.2 Å². The number of nitrogen functional groups attached to an aromatic ring is 1. The molecule has 1 aromatic heterocycles. The summed E-state index contributed by atoms with van der Waals surface area (Å²) in [5.74, 6) is -1.54. The fraction of sp³-hybridized carbons (Fsp3) is 0.286. The second-order valence-corrected chi connectivity index (χ2v) is 11.5. The maximum absolute atomic E-state index is 13.1. The fourth-order valence-corrected chi connectivity index (χ4v) is 7.24. The number of primary amides is 1. The first-order valence-corrected chi connectivity index (χ1v) is 14.3. The Morgan fingerprint density at radius 3 is 2.83 bits per heavy atom. The van der Waals surface area contributed by atoms with Crippen LogP contribution in [-0.2, 0) is 19.2 Å². The zero-order valence-corrected chi connectivity index (χ0v) is 23.3. The number of urea groups is 1. The first-order chi connectivity index (χ1) is 19.1. The molecule has 16 nitrogen and oxygen atoms in total. The Bertz CT molecular complexity index is 1470. The molecule has 4 aliphatic rings. The maximum atomic E-state index is 13.1. The molecule has 0 unspecified atom stereocenters. The average molecular weight is 607 g/mol. The van der Waals surface area contributed by atoms with E-state index < -0.39 is 35.2 Å². The molecule has 0 radical (unpaired) electrons. The van der Waals surface area contributed by atoms with E-state index in [2.05, 4.69) is 26.0 Å². The Balaban J connectivity index is 1.30. The highest BCUT2D eigenvalue weighted by Gasteiger charge is 2.54. The first kappa shape index (κ1) is 27.5. The zero-order valence-electron chi connectivity index (χ0n) is 20.9. The number of hydrogen-bond acceptors (Lipinski definition) is 14. The van der Waals surface area contributed by atoms with Crippen molar-refractivity contribution in [3.63, 3.8) is 0 Å². The Morgan fingerprint density at radius 1 is 1.40 bits per heavy atom. The second-order valence-electron chi connectivity index (χ2n) is 8.47. The van der Waals surface area contributed by atoms with E-state index in [9.17, 15) is 24.3 Å². The lowest BCUT2D eigenvalue weighted by molar-refractivity contribution is -0.150. The van der Waals surface area contributed by atoms with Crippen molar-refractivity contribution in [3.8, 4) is 0 Å². The summed E-state index contributed by atoms with van der Waals surface area (Å²) in [4.78, 5) is 64.2. The van der Waals surface area contributed by atoms with Crippen LogP contribution in [0.4, 0.5) is 9.93 Å². The van der Waals surface area contributed by atoms with Crippen LogP contribution in [0.1, 0.15) is 12.6 Å². The van der Waals surface area contributed by atoms with Crippen molar-refractivity contribution in [1.82, 2.24) is 30.8 Å². The zero-order chi connectivity index (χ0) is 28.7. The third kappa shape index (κ3) is 4.98. The van der Waals surface area contributed by atoms with Crippen LogP contribution < -0.4 is 22.3 Å². The van der Waals surface area contributed by atoms with E-state index in [1.54, 1.807) is 18.0 Å². The number of carbonyl (C=O) groups excluding carboxylic acids is 3. The Morgan fingerprint density at radius 2 is 2.17 bits per heavy atom. The predicted octanol–water partition coefficient (Wildman–Crippen LogP) is -0.222. The molecule has 0 aromatic carbocycles. The van der Waals surface area contributed by atoms with E-state index in [4.69, 9.17) is 16.3 Å². The number of hydrazine groups is 2. The number of nitrogens with one attached hydrogen (secondary N) is 2. The van der Waals surface area contributed by atoms with E-state index in [1.165, 1.54) is 47.1 Å². The van der Waals surface area contributed by atoms with Crippen LogP contribution in [0, 0.1) is 0 Å². The average Bonchev–Trinajstić information content (AvgIpc) is 3.54. The molecule has 4 aliphatic heterocycles. The lowest BCUT2D eigenvalue weighted by atomic mass is 10.0. The topological polar surface area (TPSA) is 221 Å². The minimum atomic E-state index is -1.26. The summed E-state index contributed by atoms with van der Waals surface area (Å²) in [5, 5.41) is 20.8. The van der Waals surface area contributed by atoms with Crippen molar-refractivity contribution in [1.29, 1.82) is 0 Å². The molecule has 5 rings (SSSR count). The number of allylic oxidation sites excluding steroid dienone is 1. The molecule has 5 heterocycles. The summed E-state index contributed by atoms with van der Waals surface area (Å²) in [7, 11) is 1.27. The minimum absolute atomic E-state index is 0.129. The molecule has 2 atom stereocenters. The number of amides is 4. The van der Waals surface area contributed by atoms with E-state index in [-0.39, 0.29) is 28.0 Å². The summed E-state index contributed by atoms with van der Waals surface area (Å²) in [6.07, 6.45) is 3.22. The lowest BCUT2D eigenvalue weighted by Gasteiger charge is -2.49. The summed E-state index contributed by atoms with van der Waals surface area (Å²) in [6.45, 7) is 1.79. The number of rotatable bonds is 8. The van der Waals surface area contributed by atoms with Crippen molar-refractivity contribution in [2.24, 2.45) is 15.9 Å². The van der Waals surface area contributed by atoms with Crippen LogP contribution in [0.5, 0.6) is 0 Å². The van der Waals surface area contributed by atoms with Crippen molar-refractivity contribution < 1.29 is 29.1 Å². The summed E-state index contributed by atoms with van der Waals surface area (Å²) >= 11 is 3.75. The van der Waals surface area contributed by atoms with Gasteiger partial charge in [-0.2, -0.15) is 0 Å². The van der Waals surface area contributed by atoms with Crippen LogP contribution in [0.2, 0.25) is 0 Å². The fourth-order valence-electron chi connectivity index (χ4n) is 4.13. The molecule has 1 saturated heterocycles. The van der Waals surface area contributed by atoms with Gasteiger partial charge >= 0.3 is 12.0 Å². The van der Waals surface area contributed by atoms with Gasteiger partial charge in [-0.15, -0.1) is 40.4 Å². The van der Waals surface area contributed by atoms with Crippen LogP contribution >= 0.6 is 34.9 Å². The third-order valence-corrected chi connectivity index (χ3v) is 8.96. The lowest BCUT2D eigenvalue weighted by Crippen LogP contribution is -2.71. The van der Waals surface area contributed by atoms with Gasteiger partial charge < -0.3 is 26.7 Å². The molecular formula is C21H22N10O6S3. The highest BCUT2D eigenvalue weighted by molar-refractivity contribution is 8.03. The predicted molar refractivity (Wildman–Crippen MR) is 148 cm³/mol. The monoisotopic (exact) mass is 606 g/mol. The molecule has 40 heavy (non-hydrogen) atoms. The van der Waals surface area contributed by atoms with Gasteiger partial charge in [0.1, 0.15) is 29.9 Å². The number of aliphatic carboxylic acids is 1. The summed E-state index contributed by atoms with van der Waals surface area (Å²) in [5.41, 5.74) is 14.9. The van der Waals surface area contributed by atoms with E-state index in [1.807, 2.05) is 0 Å². The molecule has 0 aliphatic carbocycles. The first-order valence-electron chi connectivity index (χ1n) is 11.4. The molecule has 0 bridgehead atoms. The number of aromatic nitrogens is 1. The van der Waals surface area contributed by atoms with E-state index in [0.29, 0.717) is 27.9 Å². The standard InChI is InChI=1S/C21H22N10O6S3/c1-8-3-12(31-11(24-8)4-29(28-31)21(23)36)38-5-9-6-39-18-14(17(33)30(18)15(9)19(34)35)26-16(32)13(27-37-2)10-7-40-20(22)25-10/h3-4,7,14,18,28H,5-6H2,1-2H3,(H2,22,25)(H2,23,36)(H,26,32)(H,34,35)/t14-,18-/m1/s1. The number of carboxylic acids is 1. The summed E-state index contributed by atoms with van der Waals surface area (Å²) in [6, 6.07) is -1.70. The number of carbonyl (C=O) groups is 4. The van der Waals surface area contributed by atoms with Crippen molar-refractivity contribution >= 4 is 75.2 Å². The van der Waals surface area contributed by atoms with Gasteiger partial charge in [0.2, 0.25) is 0 Å². The molecule has 0 spiro atoms. The second kappa shape index (κ2) is 10.8. The number of thioether (sulfide) groups is 2. The van der Waals surface area contributed by atoms with Crippen molar-refractivity contribution in [2.75, 3.05) is 24.3 Å². The number of β-lactam (4-membered cyclic amide) rings is 1. The number of oxime groups is 1. The van der Waals surface area contributed by atoms with Crippen LogP contribution in [0.25, 0.3) is 0 Å². The minimum Gasteiger partial charge on any atom is -0.477 e. The molecule has 210 valence electrons. The number of carboxylic acid groups (broad SMARTS) is 1. The Kier molecular flexibility index (Phi) is 7.45. The van der Waals surface area contributed by atoms with E-state index >= 15 is 0 Å². The number of hydrogen-bond donors (Lipinski definition) is 5. The van der Waals surface area contributed by atoms with Gasteiger partial charge in [-0.25, -0.2) is 29.6 Å².